The topological polar surface area (TPSA) is 47.6 Å². The number of rotatable bonds is 7. The molecule has 0 atom stereocenters. The number of amides is 1. The lowest BCUT2D eigenvalue weighted by molar-refractivity contribution is -0.116. The maximum atomic E-state index is 11.8. The summed E-state index contributed by atoms with van der Waals surface area (Å²) in [6, 6.07) is 3.28. The van der Waals surface area contributed by atoms with Gasteiger partial charge in [-0.3, -0.25) is 4.79 Å². The van der Waals surface area contributed by atoms with E-state index >= 15 is 0 Å². The minimum atomic E-state index is -0.0522. The first kappa shape index (κ1) is 16.1. The van der Waals surface area contributed by atoms with Gasteiger partial charge in [0.2, 0.25) is 5.91 Å². The van der Waals surface area contributed by atoms with E-state index in [9.17, 15) is 4.79 Å². The summed E-state index contributed by atoms with van der Waals surface area (Å²) in [5.41, 5.74) is 0.563. The van der Waals surface area contributed by atoms with Gasteiger partial charge >= 0.3 is 0 Å². The molecule has 106 valence electrons. The van der Waals surface area contributed by atoms with Gasteiger partial charge < -0.3 is 14.8 Å². The molecule has 0 radical (unpaired) electrons. The molecule has 0 aliphatic carbocycles. The molecule has 1 aromatic rings. The normalized spacial score (nSPS) is 10.1. The van der Waals surface area contributed by atoms with Crippen LogP contribution in [0.2, 0.25) is 5.02 Å². The van der Waals surface area contributed by atoms with Crippen LogP contribution < -0.4 is 14.8 Å². The van der Waals surface area contributed by atoms with Gasteiger partial charge in [0.1, 0.15) is 11.5 Å². The molecule has 19 heavy (non-hydrogen) atoms. The summed E-state index contributed by atoms with van der Waals surface area (Å²) in [6.45, 7) is 0. The van der Waals surface area contributed by atoms with Crippen molar-refractivity contribution in [2.24, 2.45) is 0 Å². The molecule has 0 heterocycles. The van der Waals surface area contributed by atoms with Gasteiger partial charge in [-0.1, -0.05) is 27.5 Å². The summed E-state index contributed by atoms with van der Waals surface area (Å²) in [5.74, 6) is 0.960. The Labute approximate surface area is 126 Å². The summed E-state index contributed by atoms with van der Waals surface area (Å²) in [7, 11) is 3.05. The molecule has 0 aromatic heterocycles. The van der Waals surface area contributed by atoms with Crippen molar-refractivity contribution in [3.05, 3.63) is 17.2 Å². The third-order valence-corrected chi connectivity index (χ3v) is 3.39. The molecule has 1 amide bonds. The number of carbonyl (C=O) groups excluding carboxylic acids is 1. The first-order valence-corrected chi connectivity index (χ1v) is 7.39. The molecule has 4 nitrogen and oxygen atoms in total. The van der Waals surface area contributed by atoms with E-state index in [2.05, 4.69) is 21.2 Å². The fourth-order valence-electron chi connectivity index (χ4n) is 1.55. The SMILES string of the molecule is COc1cc(NC(=O)CCCCBr)c(OC)cc1Cl. The van der Waals surface area contributed by atoms with Gasteiger partial charge in [-0.2, -0.15) is 0 Å². The van der Waals surface area contributed by atoms with E-state index in [4.69, 9.17) is 21.1 Å². The van der Waals surface area contributed by atoms with Crippen LogP contribution in [0.4, 0.5) is 5.69 Å². The number of ether oxygens (including phenoxy) is 2. The zero-order valence-corrected chi connectivity index (χ0v) is 13.3. The van der Waals surface area contributed by atoms with Gasteiger partial charge in [-0.25, -0.2) is 0 Å². The fourth-order valence-corrected chi connectivity index (χ4v) is 2.18. The van der Waals surface area contributed by atoms with Crippen LogP contribution >= 0.6 is 27.5 Å². The number of halogens is 2. The number of anilines is 1. The number of methoxy groups -OCH3 is 2. The Balaban J connectivity index is 2.78. The van der Waals surface area contributed by atoms with Crippen molar-refractivity contribution in [1.82, 2.24) is 0 Å². The van der Waals surface area contributed by atoms with E-state index in [1.807, 2.05) is 0 Å². The van der Waals surface area contributed by atoms with Crippen molar-refractivity contribution in [2.75, 3.05) is 24.9 Å². The van der Waals surface area contributed by atoms with Crippen LogP contribution in [0.15, 0.2) is 12.1 Å². The van der Waals surface area contributed by atoms with E-state index in [1.165, 1.54) is 14.2 Å². The third-order valence-electron chi connectivity index (χ3n) is 2.54. The molecule has 1 rings (SSSR count). The lowest BCUT2D eigenvalue weighted by Gasteiger charge is -2.13. The second-order valence-corrected chi connectivity index (χ2v) is 5.08. The largest absolute Gasteiger partial charge is 0.495 e. The molecule has 0 saturated carbocycles. The first-order valence-electron chi connectivity index (χ1n) is 5.89. The van der Waals surface area contributed by atoms with E-state index in [0.717, 1.165) is 18.2 Å². The van der Waals surface area contributed by atoms with E-state index < -0.39 is 0 Å². The highest BCUT2D eigenvalue weighted by Gasteiger charge is 2.12. The maximum Gasteiger partial charge on any atom is 0.224 e. The van der Waals surface area contributed by atoms with Gasteiger partial charge in [-0.05, 0) is 12.8 Å². The lowest BCUT2D eigenvalue weighted by Crippen LogP contribution is -2.12. The van der Waals surface area contributed by atoms with Crippen LogP contribution in [0.1, 0.15) is 19.3 Å². The van der Waals surface area contributed by atoms with Gasteiger partial charge in [-0.15, -0.1) is 0 Å². The molecule has 0 aliphatic heterocycles. The lowest BCUT2D eigenvalue weighted by atomic mass is 10.2. The van der Waals surface area contributed by atoms with Crippen LogP contribution in [0, 0.1) is 0 Å². The van der Waals surface area contributed by atoms with Crippen molar-refractivity contribution < 1.29 is 14.3 Å². The molecule has 0 saturated heterocycles. The van der Waals surface area contributed by atoms with E-state index in [1.54, 1.807) is 12.1 Å². The Hall–Kier alpha value is -0.940. The molecule has 1 N–H and O–H groups in total. The average Bonchev–Trinajstić information content (AvgIpc) is 2.40. The molecular formula is C13H17BrClNO3. The van der Waals surface area contributed by atoms with Crippen molar-refractivity contribution in [3.63, 3.8) is 0 Å². The summed E-state index contributed by atoms with van der Waals surface area (Å²) >= 11 is 9.33. The minimum absolute atomic E-state index is 0.0522. The van der Waals surface area contributed by atoms with Gasteiger partial charge in [0, 0.05) is 23.9 Å². The van der Waals surface area contributed by atoms with E-state index in [-0.39, 0.29) is 5.91 Å². The predicted octanol–water partition coefficient (Wildman–Crippen LogP) is 3.86. The second-order valence-electron chi connectivity index (χ2n) is 3.88. The van der Waals surface area contributed by atoms with Crippen LogP contribution in [0.3, 0.4) is 0 Å². The number of benzene rings is 1. The summed E-state index contributed by atoms with van der Waals surface area (Å²) < 4.78 is 10.3. The zero-order valence-electron chi connectivity index (χ0n) is 11.0. The number of nitrogens with one attached hydrogen (secondary N) is 1. The molecule has 6 heteroatoms. The third kappa shape index (κ3) is 4.91. The van der Waals surface area contributed by atoms with Crippen molar-refractivity contribution in [3.8, 4) is 11.5 Å². The second kappa shape index (κ2) is 8.27. The van der Waals surface area contributed by atoms with E-state index in [0.29, 0.717) is 28.6 Å². The summed E-state index contributed by atoms with van der Waals surface area (Å²) in [5, 5.41) is 4.15. The van der Waals surface area contributed by atoms with Crippen molar-refractivity contribution >= 4 is 39.1 Å². The first-order chi connectivity index (χ1) is 9.12. The van der Waals surface area contributed by atoms with Gasteiger partial charge in [0.05, 0.1) is 24.9 Å². The zero-order chi connectivity index (χ0) is 14.3. The quantitative estimate of drug-likeness (QED) is 0.600. The monoisotopic (exact) mass is 349 g/mol. The molecule has 1 aromatic carbocycles. The van der Waals surface area contributed by atoms with Crippen LogP contribution in [-0.2, 0) is 4.79 Å². The molecule has 0 fully saturated rings. The standard InChI is InChI=1S/C13H17BrClNO3/c1-18-11-8-10(12(19-2)7-9(11)15)16-13(17)5-3-4-6-14/h7-8H,3-6H2,1-2H3,(H,16,17). The number of hydrogen-bond donors (Lipinski definition) is 1. The Kier molecular flexibility index (Phi) is 7.02. The maximum absolute atomic E-state index is 11.8. The van der Waals surface area contributed by atoms with Gasteiger partial charge in [0.25, 0.3) is 0 Å². The number of unbranched alkanes of at least 4 members (excludes halogenated alkanes) is 1. The Morgan fingerprint density at radius 2 is 1.95 bits per heavy atom. The average molecular weight is 351 g/mol. The van der Waals surface area contributed by atoms with Crippen molar-refractivity contribution in [1.29, 1.82) is 0 Å². The Morgan fingerprint density at radius 1 is 1.26 bits per heavy atom. The predicted molar refractivity (Wildman–Crippen MR) is 80.8 cm³/mol. The summed E-state index contributed by atoms with van der Waals surface area (Å²) in [4.78, 5) is 11.8. The van der Waals surface area contributed by atoms with Gasteiger partial charge in [0.15, 0.2) is 0 Å². The number of carbonyl (C=O) groups is 1. The molecule has 0 bridgehead atoms. The molecular weight excluding hydrogens is 334 g/mol. The minimum Gasteiger partial charge on any atom is -0.495 e. The molecule has 0 aliphatic rings. The molecule has 0 unspecified atom stereocenters. The molecule has 0 spiro atoms. The number of alkyl halides is 1. The Morgan fingerprint density at radius 3 is 2.53 bits per heavy atom. The van der Waals surface area contributed by atoms with Crippen LogP contribution in [0.25, 0.3) is 0 Å². The number of hydrogen-bond acceptors (Lipinski definition) is 3. The Bertz CT molecular complexity index is 440. The van der Waals surface area contributed by atoms with Crippen LogP contribution in [-0.4, -0.2) is 25.5 Å². The highest BCUT2D eigenvalue weighted by Crippen LogP contribution is 2.35. The van der Waals surface area contributed by atoms with Crippen LogP contribution in [0.5, 0.6) is 11.5 Å². The van der Waals surface area contributed by atoms with Crippen molar-refractivity contribution in [2.45, 2.75) is 19.3 Å². The highest BCUT2D eigenvalue weighted by atomic mass is 79.9. The smallest absolute Gasteiger partial charge is 0.224 e. The highest BCUT2D eigenvalue weighted by molar-refractivity contribution is 9.09. The summed E-state index contributed by atoms with van der Waals surface area (Å²) in [6.07, 6.45) is 2.28. The fraction of sp³-hybridized carbons (Fsp3) is 0.462.